The van der Waals surface area contributed by atoms with Crippen LogP contribution in [0.4, 0.5) is 0 Å². The average Bonchev–Trinajstić information content (AvgIpc) is 1.54. The molecule has 0 radical (unpaired) electrons. The number of carboxylic acid groups (broad SMARTS) is 2. The van der Waals surface area contributed by atoms with Crippen molar-refractivity contribution >= 4 is 113 Å². The number of carbonyl (C=O) groups is 17. The lowest BCUT2D eigenvalue weighted by Crippen LogP contribution is -2.58. The van der Waals surface area contributed by atoms with Crippen molar-refractivity contribution in [2.45, 2.75) is 244 Å². The molecule has 22 N–H and O–H groups in total. The number of aliphatic carboxylic acids is 2. The summed E-state index contributed by atoms with van der Waals surface area (Å²) in [6, 6.07) is 9.75. The molecule has 5 aromatic rings. The molecule has 3 aliphatic heterocycles. The molecule has 8 rings (SSSR count). The number of guanidine groups is 2. The van der Waals surface area contributed by atoms with E-state index in [0.29, 0.717) is 61.5 Å². The molecular weight excluding hydrogens is 1940 g/mol. The van der Waals surface area contributed by atoms with Crippen LogP contribution in [-0.4, -0.2) is 355 Å². The summed E-state index contributed by atoms with van der Waals surface area (Å²) in [6.07, 6.45) is 2.26. The van der Waals surface area contributed by atoms with Crippen LogP contribution in [0.3, 0.4) is 0 Å². The molecule has 3 fully saturated rings. The zero-order valence-electron chi connectivity index (χ0n) is 85.7. The van der Waals surface area contributed by atoms with Gasteiger partial charge in [-0.3, -0.25) is 121 Å². The fraction of sp³-hybridized carbons (Fsp3) is 0.577. The molecule has 12 amide bonds. The number of carboxylic acids is 2. The Kier molecular flexibility index (Phi) is 47.7. The maximum absolute atomic E-state index is 14.5. The molecule has 3 aromatic carbocycles. The Morgan fingerprint density at radius 3 is 1.07 bits per heavy atom. The first-order valence-corrected chi connectivity index (χ1v) is 49.5. The van der Waals surface area contributed by atoms with Crippen LogP contribution < -0.4 is 95.4 Å². The first-order valence-electron chi connectivity index (χ1n) is 49.5. The molecule has 149 heavy (non-hydrogen) atoms. The van der Waals surface area contributed by atoms with Crippen LogP contribution in [-0.2, 0) is 130 Å². The third kappa shape index (κ3) is 46.7. The van der Waals surface area contributed by atoms with Crippen LogP contribution in [0.15, 0.2) is 91.3 Å². The van der Waals surface area contributed by atoms with Gasteiger partial charge in [-0.15, -0.1) is 10.2 Å². The second kappa shape index (κ2) is 59.6. The molecule has 52 heteroatoms. The fourth-order valence-electron chi connectivity index (χ4n) is 15.8. The average molecular weight is 2090 g/mol. The largest absolute Gasteiger partial charge is 0.487 e. The second-order valence-corrected chi connectivity index (χ2v) is 39.3. The molecule has 2 aromatic heterocycles. The summed E-state index contributed by atoms with van der Waals surface area (Å²) in [7, 11) is 0. The third-order valence-electron chi connectivity index (χ3n) is 22.9. The number of benzene rings is 3. The van der Waals surface area contributed by atoms with Crippen molar-refractivity contribution in [1.82, 2.24) is 124 Å². The number of amides is 12. The van der Waals surface area contributed by atoms with E-state index in [2.05, 4.69) is 95.1 Å². The monoisotopic (exact) mass is 2090 g/mol. The lowest BCUT2D eigenvalue weighted by atomic mass is 10.0. The first kappa shape index (κ1) is 119. The van der Waals surface area contributed by atoms with Crippen molar-refractivity contribution in [3.63, 3.8) is 0 Å². The Bertz CT molecular complexity index is 5090. The predicted molar refractivity (Wildman–Crippen MR) is 536 cm³/mol. The highest BCUT2D eigenvalue weighted by molar-refractivity contribution is 6.00. The van der Waals surface area contributed by atoms with E-state index < -0.39 is 192 Å². The van der Waals surface area contributed by atoms with Crippen LogP contribution >= 0.6 is 0 Å². The van der Waals surface area contributed by atoms with Crippen molar-refractivity contribution < 1.29 is 115 Å². The van der Waals surface area contributed by atoms with Gasteiger partial charge in [0.2, 0.25) is 65.0 Å². The molecule has 8 atom stereocenters. The highest BCUT2D eigenvalue weighted by Gasteiger charge is 2.38. The molecule has 5 heterocycles. The number of carbonyl (C=O) groups excluding carboxylic acids is 15. The SMILES string of the molecule is CC(C)(C)OC(=O)CN1CCN(CC(=O)NCCNC(=O)c2cc(OCc3cn(CCCC[C@@H]4NC(=O)[C@@H](Cc5ccccc5)NC(=O)[C@H](CC(=O)O)NC(=O)CNC(=O)[C@H](CCCNC(=N)N)NC4=O)nn3)cc(OCc3cn(CCCC[C@@H]4NC(=O)[C@@H](Cc5ccccc5)NC(=O)[C@H](CC(=O)O)NC(=O)CNC(=O)[C@H](CCCNC(=N)N)NC4=O)nn3)c2)CCN(CC(=O)OC(C)(C)C)CCN(CC(=O)OC(C)(C)C)CC1. The molecule has 3 aliphatic rings. The number of hydrogen-bond donors (Lipinski definition) is 20. The Balaban J connectivity index is 1.00. The van der Waals surface area contributed by atoms with E-state index in [-0.39, 0.29) is 198 Å². The molecule has 0 unspecified atom stereocenters. The van der Waals surface area contributed by atoms with Crippen LogP contribution in [0.1, 0.15) is 172 Å². The maximum Gasteiger partial charge on any atom is 0.320 e. The van der Waals surface area contributed by atoms with E-state index in [4.69, 9.17) is 46.0 Å². The van der Waals surface area contributed by atoms with E-state index in [9.17, 15) is 91.7 Å². The smallest absolute Gasteiger partial charge is 0.320 e. The zero-order chi connectivity index (χ0) is 109. The summed E-state index contributed by atoms with van der Waals surface area (Å²) in [5.41, 5.74) is 10.4. The van der Waals surface area contributed by atoms with Gasteiger partial charge in [0.1, 0.15) is 101 Å². The van der Waals surface area contributed by atoms with E-state index in [1.54, 1.807) is 135 Å². The number of hydrogen-bond acceptors (Lipinski definition) is 32. The number of rotatable bonds is 44. The summed E-state index contributed by atoms with van der Waals surface area (Å²) < 4.78 is 32.8. The lowest BCUT2D eigenvalue weighted by molar-refractivity contribution is -0.158. The van der Waals surface area contributed by atoms with Gasteiger partial charge in [0.15, 0.2) is 11.9 Å². The van der Waals surface area contributed by atoms with Crippen LogP contribution in [0.2, 0.25) is 0 Å². The number of unbranched alkanes of at least 4 members (excludes halogenated alkanes) is 2. The Hall–Kier alpha value is -15.1. The minimum atomic E-state index is -1.70. The zero-order valence-corrected chi connectivity index (χ0v) is 85.7. The van der Waals surface area contributed by atoms with Crippen LogP contribution in [0.5, 0.6) is 11.5 Å². The molecular formula is C97H144N28O24. The van der Waals surface area contributed by atoms with E-state index in [1.807, 2.05) is 19.6 Å². The number of nitrogens with two attached hydrogens (primary N) is 2. The summed E-state index contributed by atoms with van der Waals surface area (Å²) in [5, 5.41) is 88.4. The van der Waals surface area contributed by atoms with Gasteiger partial charge in [-0.2, -0.15) is 0 Å². The van der Waals surface area contributed by atoms with Gasteiger partial charge >= 0.3 is 29.8 Å². The molecule has 0 spiro atoms. The molecule has 816 valence electrons. The van der Waals surface area contributed by atoms with Gasteiger partial charge in [0, 0.05) is 116 Å². The minimum absolute atomic E-state index is 0.0293. The number of nitrogens with one attached hydrogen (secondary N) is 16. The predicted octanol–water partition coefficient (Wildman–Crippen LogP) is -3.44. The standard InChI is InChI=1S/C97H144N28O24/c1-95(2,3)147-81(133)56-121-38-36-120(37-39-122(57-82(134)148-96(4,5)6)41-43-123(42-40-121)58-83(135)149-97(7,8)9)55-78(128)102-32-33-103-84(136)63-46-66(145-59-64-53-124(118-116-64)34-18-16-26-70-87(139)110-68(28-20-30-104-93(98)99)85(137)106-51-76(126)108-74(49-79(129)130)91(143)114-72(89(141)112-70)44-61-22-12-10-13-23-61)48-67(47-63)146-60-65-54-125(119-117-65)35-19-17-27-71-88(140)111-69(29-21-31-105-94(100)101)86(138)107-52-77(127)109-75(50-80(131)132)92(144)115-73(90(142)113-71)45-62-24-14-11-15-25-62/h10-15,22-25,46-48,53-54,68-75H,16-21,26-45,49-52,55-60H2,1-9H3,(H,102,128)(H,103,136)(H,106,137)(H,107,138)(H,108,126)(H,109,127)(H,110,139)(H,111,140)(H,112,141)(H,113,142)(H,114,143)(H,115,144)(H,129,130)(H,131,132)(H4,98,99,104)(H4,100,101,105)/t68-,69-,70-,71-,72+,73+,74-,75-/m0/s1. The Labute approximate surface area is 862 Å². The van der Waals surface area contributed by atoms with Gasteiger partial charge < -0.3 is 120 Å². The number of esters is 3. The Morgan fingerprint density at radius 1 is 0.396 bits per heavy atom. The van der Waals surface area contributed by atoms with E-state index >= 15 is 0 Å². The summed E-state index contributed by atoms with van der Waals surface area (Å²) in [5.74, 6) is -14.8. The summed E-state index contributed by atoms with van der Waals surface area (Å²) in [6.45, 7) is 16.3. The minimum Gasteiger partial charge on any atom is -0.487 e. The van der Waals surface area contributed by atoms with Crippen molar-refractivity contribution in [2.24, 2.45) is 11.5 Å². The van der Waals surface area contributed by atoms with Gasteiger partial charge in [0.25, 0.3) is 5.91 Å². The van der Waals surface area contributed by atoms with Gasteiger partial charge in [-0.05, 0) is 150 Å². The maximum atomic E-state index is 14.5. The summed E-state index contributed by atoms with van der Waals surface area (Å²) >= 11 is 0. The number of ether oxygens (including phenoxy) is 5. The fourth-order valence-corrected chi connectivity index (χ4v) is 15.8. The van der Waals surface area contributed by atoms with E-state index in [1.165, 1.54) is 27.6 Å². The normalized spacial score (nSPS) is 19.6. The molecule has 52 nitrogen and oxygen atoms in total. The van der Waals surface area contributed by atoms with Crippen molar-refractivity contribution in [3.8, 4) is 11.5 Å². The third-order valence-corrected chi connectivity index (χ3v) is 22.9. The van der Waals surface area contributed by atoms with Crippen molar-refractivity contribution in [3.05, 3.63) is 119 Å². The topological polar surface area (TPSA) is 719 Å². The van der Waals surface area contributed by atoms with Gasteiger partial charge in [0.05, 0.1) is 64.5 Å². The first-order chi connectivity index (χ1) is 70.6. The van der Waals surface area contributed by atoms with Crippen molar-refractivity contribution in [1.29, 1.82) is 10.8 Å². The highest BCUT2D eigenvalue weighted by atomic mass is 16.6. The van der Waals surface area contributed by atoms with Gasteiger partial charge in [-0.1, -0.05) is 71.1 Å². The van der Waals surface area contributed by atoms with Gasteiger partial charge in [-0.25, -0.2) is 0 Å². The lowest BCUT2D eigenvalue weighted by Gasteiger charge is -2.34. The number of nitrogens with zero attached hydrogens (tertiary/aromatic N) is 10. The molecule has 3 saturated heterocycles. The second-order valence-electron chi connectivity index (χ2n) is 39.3. The quantitative estimate of drug-likeness (QED) is 0.00593. The molecule has 0 saturated carbocycles. The van der Waals surface area contributed by atoms with Crippen LogP contribution in [0, 0.1) is 10.8 Å². The molecule has 0 bridgehead atoms. The van der Waals surface area contributed by atoms with E-state index in [0.717, 1.165) is 0 Å². The molecule has 0 aliphatic carbocycles. The number of aryl methyl sites for hydroxylation is 2. The van der Waals surface area contributed by atoms with Crippen LogP contribution in [0.25, 0.3) is 0 Å². The summed E-state index contributed by atoms with van der Waals surface area (Å²) in [4.78, 5) is 240. The highest BCUT2D eigenvalue weighted by Crippen LogP contribution is 2.26. The van der Waals surface area contributed by atoms with Crippen molar-refractivity contribution in [2.75, 3.05) is 118 Å². The Morgan fingerprint density at radius 2 is 0.718 bits per heavy atom. The number of aromatic nitrogens is 6.